The lowest BCUT2D eigenvalue weighted by Gasteiger charge is -2.31. The van der Waals surface area contributed by atoms with E-state index < -0.39 is 0 Å². The molecule has 0 amide bonds. The van der Waals surface area contributed by atoms with Crippen LogP contribution in [0.2, 0.25) is 0 Å². The summed E-state index contributed by atoms with van der Waals surface area (Å²) in [6.07, 6.45) is 3.83. The maximum atomic E-state index is 5.96. The first-order valence-corrected chi connectivity index (χ1v) is 7.67. The van der Waals surface area contributed by atoms with Crippen LogP contribution in [0.3, 0.4) is 0 Å². The Balaban J connectivity index is 2.31. The van der Waals surface area contributed by atoms with Crippen molar-refractivity contribution in [1.29, 1.82) is 0 Å². The second-order valence-corrected chi connectivity index (χ2v) is 6.24. The molecule has 1 aromatic rings. The van der Waals surface area contributed by atoms with Crippen molar-refractivity contribution >= 4 is 21.6 Å². The molecule has 2 rings (SSSR count). The van der Waals surface area contributed by atoms with E-state index in [2.05, 4.69) is 52.9 Å². The van der Waals surface area contributed by atoms with Crippen molar-refractivity contribution in [2.45, 2.75) is 58.2 Å². The van der Waals surface area contributed by atoms with Crippen molar-refractivity contribution in [3.05, 3.63) is 28.2 Å². The molecular formula is C15H23BrN2. The fourth-order valence-electron chi connectivity index (χ4n) is 2.98. The summed E-state index contributed by atoms with van der Waals surface area (Å²) in [5.74, 6) is 0. The van der Waals surface area contributed by atoms with E-state index in [-0.39, 0.29) is 6.04 Å². The molecule has 0 spiro atoms. The number of hydrogen-bond donors (Lipinski definition) is 1. The second kappa shape index (κ2) is 5.62. The van der Waals surface area contributed by atoms with Crippen molar-refractivity contribution in [1.82, 2.24) is 0 Å². The fraction of sp³-hybridized carbons (Fsp3) is 0.600. The van der Waals surface area contributed by atoms with Gasteiger partial charge in [0, 0.05) is 28.3 Å². The molecule has 3 heteroatoms. The molecule has 0 bridgehead atoms. The highest BCUT2D eigenvalue weighted by molar-refractivity contribution is 9.10. The monoisotopic (exact) mass is 310 g/mol. The first-order valence-electron chi connectivity index (χ1n) is 6.88. The third-order valence-electron chi connectivity index (χ3n) is 4.03. The van der Waals surface area contributed by atoms with E-state index in [1.165, 1.54) is 30.5 Å². The third kappa shape index (κ3) is 2.57. The van der Waals surface area contributed by atoms with Gasteiger partial charge in [-0.05, 0) is 50.8 Å². The molecule has 1 aromatic carbocycles. The van der Waals surface area contributed by atoms with Gasteiger partial charge in [0.25, 0.3) is 0 Å². The minimum Gasteiger partial charge on any atom is -0.366 e. The zero-order valence-corrected chi connectivity index (χ0v) is 13.1. The number of benzene rings is 1. The Morgan fingerprint density at radius 1 is 1.44 bits per heavy atom. The highest BCUT2D eigenvalue weighted by Crippen LogP contribution is 2.35. The Morgan fingerprint density at radius 2 is 2.17 bits per heavy atom. The average molecular weight is 311 g/mol. The van der Waals surface area contributed by atoms with Crippen LogP contribution < -0.4 is 10.6 Å². The lowest BCUT2D eigenvalue weighted by molar-refractivity contribution is 0.627. The Kier molecular flexibility index (Phi) is 4.33. The maximum Gasteiger partial charge on any atom is 0.0382 e. The van der Waals surface area contributed by atoms with E-state index in [4.69, 9.17) is 5.73 Å². The maximum absolute atomic E-state index is 5.96. The standard InChI is InChI=1S/C15H23BrN2/c1-4-12-6-5-10(2)18(12)13-7-8-14(11(3)17)15(16)9-13/h7-12H,4-6,17H2,1-3H3/t10?,11-,12?/m1/s1. The molecule has 100 valence electrons. The number of rotatable bonds is 3. The molecule has 2 N–H and O–H groups in total. The highest BCUT2D eigenvalue weighted by atomic mass is 79.9. The van der Waals surface area contributed by atoms with Crippen LogP contribution in [-0.2, 0) is 0 Å². The fourth-order valence-corrected chi connectivity index (χ4v) is 3.71. The SMILES string of the molecule is CCC1CCC(C)N1c1ccc([C@@H](C)N)c(Br)c1. The first-order chi connectivity index (χ1) is 8.54. The number of anilines is 1. The topological polar surface area (TPSA) is 29.3 Å². The minimum absolute atomic E-state index is 0.0754. The van der Waals surface area contributed by atoms with Gasteiger partial charge in [0.1, 0.15) is 0 Å². The number of nitrogens with zero attached hydrogens (tertiary/aromatic N) is 1. The molecule has 0 aromatic heterocycles. The van der Waals surface area contributed by atoms with Gasteiger partial charge >= 0.3 is 0 Å². The molecule has 3 atom stereocenters. The van der Waals surface area contributed by atoms with E-state index >= 15 is 0 Å². The molecule has 1 fully saturated rings. The van der Waals surface area contributed by atoms with Crippen LogP contribution in [0.1, 0.15) is 51.6 Å². The summed E-state index contributed by atoms with van der Waals surface area (Å²) in [5, 5.41) is 0. The van der Waals surface area contributed by atoms with E-state index in [1.807, 2.05) is 6.92 Å². The summed E-state index contributed by atoms with van der Waals surface area (Å²) in [7, 11) is 0. The largest absolute Gasteiger partial charge is 0.366 e. The van der Waals surface area contributed by atoms with Gasteiger partial charge in [0.2, 0.25) is 0 Å². The molecule has 0 radical (unpaired) electrons. The van der Waals surface area contributed by atoms with Crippen LogP contribution in [0.5, 0.6) is 0 Å². The van der Waals surface area contributed by atoms with E-state index in [0.29, 0.717) is 12.1 Å². The number of nitrogens with two attached hydrogens (primary N) is 1. The van der Waals surface area contributed by atoms with Gasteiger partial charge in [-0.25, -0.2) is 0 Å². The predicted octanol–water partition coefficient (Wildman–Crippen LogP) is 4.24. The van der Waals surface area contributed by atoms with E-state index in [1.54, 1.807) is 0 Å². The molecule has 1 aliphatic heterocycles. The normalized spacial score (nSPS) is 25.5. The van der Waals surface area contributed by atoms with Crippen molar-refractivity contribution in [2.24, 2.45) is 5.73 Å². The molecule has 2 unspecified atom stereocenters. The lowest BCUT2D eigenvalue weighted by Crippen LogP contribution is -2.34. The summed E-state index contributed by atoms with van der Waals surface area (Å²) in [5.41, 5.74) is 8.46. The summed E-state index contributed by atoms with van der Waals surface area (Å²) in [6.45, 7) is 6.62. The van der Waals surface area contributed by atoms with Gasteiger partial charge in [0.05, 0.1) is 0 Å². The average Bonchev–Trinajstić information content (AvgIpc) is 2.69. The summed E-state index contributed by atoms with van der Waals surface area (Å²) in [6, 6.07) is 8.00. The summed E-state index contributed by atoms with van der Waals surface area (Å²) < 4.78 is 1.13. The van der Waals surface area contributed by atoms with Crippen molar-refractivity contribution in [3.8, 4) is 0 Å². The van der Waals surface area contributed by atoms with Gasteiger partial charge in [-0.2, -0.15) is 0 Å². The summed E-state index contributed by atoms with van der Waals surface area (Å²) >= 11 is 3.65. The van der Waals surface area contributed by atoms with E-state index in [0.717, 1.165) is 4.47 Å². The van der Waals surface area contributed by atoms with Crippen molar-refractivity contribution in [3.63, 3.8) is 0 Å². The Labute approximate surface area is 119 Å². The van der Waals surface area contributed by atoms with Crippen LogP contribution in [0.15, 0.2) is 22.7 Å². The third-order valence-corrected chi connectivity index (χ3v) is 4.72. The van der Waals surface area contributed by atoms with Crippen LogP contribution in [-0.4, -0.2) is 12.1 Å². The van der Waals surface area contributed by atoms with Crippen molar-refractivity contribution < 1.29 is 0 Å². The molecule has 18 heavy (non-hydrogen) atoms. The Morgan fingerprint density at radius 3 is 2.72 bits per heavy atom. The van der Waals surface area contributed by atoms with Crippen LogP contribution in [0.4, 0.5) is 5.69 Å². The van der Waals surface area contributed by atoms with Gasteiger partial charge in [-0.1, -0.05) is 28.9 Å². The molecule has 2 nitrogen and oxygen atoms in total. The smallest absolute Gasteiger partial charge is 0.0382 e. The molecule has 1 heterocycles. The van der Waals surface area contributed by atoms with Gasteiger partial charge in [-0.3, -0.25) is 0 Å². The highest BCUT2D eigenvalue weighted by Gasteiger charge is 2.29. The van der Waals surface area contributed by atoms with Crippen LogP contribution >= 0.6 is 15.9 Å². The molecule has 0 saturated carbocycles. The second-order valence-electron chi connectivity index (χ2n) is 5.39. The van der Waals surface area contributed by atoms with Gasteiger partial charge < -0.3 is 10.6 Å². The zero-order valence-electron chi connectivity index (χ0n) is 11.5. The minimum atomic E-state index is 0.0754. The quantitative estimate of drug-likeness (QED) is 0.905. The van der Waals surface area contributed by atoms with Crippen LogP contribution in [0, 0.1) is 0 Å². The molecule has 0 aliphatic carbocycles. The number of hydrogen-bond acceptors (Lipinski definition) is 2. The molecule has 1 aliphatic rings. The van der Waals surface area contributed by atoms with Crippen molar-refractivity contribution in [2.75, 3.05) is 4.90 Å². The van der Waals surface area contributed by atoms with Crippen LogP contribution in [0.25, 0.3) is 0 Å². The molecular weight excluding hydrogens is 288 g/mol. The Bertz CT molecular complexity index is 417. The van der Waals surface area contributed by atoms with Gasteiger partial charge in [0.15, 0.2) is 0 Å². The molecule has 1 saturated heterocycles. The lowest BCUT2D eigenvalue weighted by atomic mass is 10.1. The van der Waals surface area contributed by atoms with Gasteiger partial charge in [-0.15, -0.1) is 0 Å². The zero-order chi connectivity index (χ0) is 13.3. The number of halogens is 1. The predicted molar refractivity (Wildman–Crippen MR) is 82.0 cm³/mol. The Hall–Kier alpha value is -0.540. The summed E-state index contributed by atoms with van der Waals surface area (Å²) in [4.78, 5) is 2.57. The first kappa shape index (κ1) is 13.9. The van der Waals surface area contributed by atoms with E-state index in [9.17, 15) is 0 Å².